The molecule has 0 aliphatic carbocycles. The SMILES string of the molecule is CCNC(=NCc1ccccc1CN1CCOCC1)NCC(C)N1CCN(CC)CC1. The van der Waals surface area contributed by atoms with E-state index < -0.39 is 0 Å². The minimum Gasteiger partial charge on any atom is -0.379 e. The zero-order valence-electron chi connectivity index (χ0n) is 19.8. The number of nitrogens with zero attached hydrogens (tertiary/aromatic N) is 4. The highest BCUT2D eigenvalue weighted by Crippen LogP contribution is 2.14. The van der Waals surface area contributed by atoms with Gasteiger partial charge in [-0.15, -0.1) is 0 Å². The van der Waals surface area contributed by atoms with Crippen molar-refractivity contribution in [2.45, 2.75) is 39.9 Å². The fourth-order valence-electron chi connectivity index (χ4n) is 4.27. The predicted molar refractivity (Wildman–Crippen MR) is 129 cm³/mol. The van der Waals surface area contributed by atoms with Gasteiger partial charge in [-0.1, -0.05) is 31.2 Å². The van der Waals surface area contributed by atoms with Crippen LogP contribution in [0.1, 0.15) is 31.9 Å². The number of rotatable bonds is 9. The van der Waals surface area contributed by atoms with Crippen molar-refractivity contribution in [1.29, 1.82) is 0 Å². The van der Waals surface area contributed by atoms with Gasteiger partial charge in [-0.3, -0.25) is 9.80 Å². The second-order valence-corrected chi connectivity index (χ2v) is 8.55. The molecule has 1 aromatic rings. The lowest BCUT2D eigenvalue weighted by molar-refractivity contribution is 0.0341. The fourth-order valence-corrected chi connectivity index (χ4v) is 4.27. The molecule has 2 N–H and O–H groups in total. The van der Waals surface area contributed by atoms with Crippen molar-refractivity contribution in [3.05, 3.63) is 35.4 Å². The van der Waals surface area contributed by atoms with Crippen LogP contribution in [0, 0.1) is 0 Å². The molecule has 2 aliphatic rings. The van der Waals surface area contributed by atoms with Gasteiger partial charge in [0, 0.05) is 64.9 Å². The van der Waals surface area contributed by atoms with Gasteiger partial charge in [0.1, 0.15) is 0 Å². The van der Waals surface area contributed by atoms with E-state index in [4.69, 9.17) is 9.73 Å². The standard InChI is InChI=1S/C24H42N6O/c1-4-25-24(26-18-21(3)30-12-10-28(5-2)11-13-30)27-19-22-8-6-7-9-23(22)20-29-14-16-31-17-15-29/h6-9,21H,4-5,10-20H2,1-3H3,(H2,25,26,27). The van der Waals surface area contributed by atoms with Crippen molar-refractivity contribution in [3.8, 4) is 0 Å². The van der Waals surface area contributed by atoms with Gasteiger partial charge in [0.2, 0.25) is 0 Å². The summed E-state index contributed by atoms with van der Waals surface area (Å²) in [6.07, 6.45) is 0. The minimum atomic E-state index is 0.497. The van der Waals surface area contributed by atoms with Gasteiger partial charge in [0.05, 0.1) is 19.8 Å². The molecule has 0 amide bonds. The largest absolute Gasteiger partial charge is 0.379 e. The van der Waals surface area contributed by atoms with E-state index in [-0.39, 0.29) is 0 Å². The van der Waals surface area contributed by atoms with Gasteiger partial charge in [-0.2, -0.15) is 0 Å². The Morgan fingerprint density at radius 1 is 0.968 bits per heavy atom. The molecule has 31 heavy (non-hydrogen) atoms. The van der Waals surface area contributed by atoms with E-state index in [9.17, 15) is 0 Å². The van der Waals surface area contributed by atoms with Gasteiger partial charge in [-0.25, -0.2) is 4.99 Å². The third-order valence-electron chi connectivity index (χ3n) is 6.41. The second-order valence-electron chi connectivity index (χ2n) is 8.55. The van der Waals surface area contributed by atoms with Crippen LogP contribution < -0.4 is 10.6 Å². The number of likely N-dealkylation sites (N-methyl/N-ethyl adjacent to an activating group) is 1. The highest BCUT2D eigenvalue weighted by molar-refractivity contribution is 5.79. The zero-order valence-corrected chi connectivity index (χ0v) is 19.8. The maximum absolute atomic E-state index is 5.49. The second kappa shape index (κ2) is 13.0. The van der Waals surface area contributed by atoms with E-state index in [0.717, 1.165) is 71.5 Å². The average Bonchev–Trinajstić information content (AvgIpc) is 2.82. The van der Waals surface area contributed by atoms with E-state index in [1.54, 1.807) is 0 Å². The van der Waals surface area contributed by atoms with Gasteiger partial charge in [-0.05, 0) is 31.5 Å². The molecule has 7 nitrogen and oxygen atoms in total. The van der Waals surface area contributed by atoms with Gasteiger partial charge >= 0.3 is 0 Å². The van der Waals surface area contributed by atoms with Gasteiger partial charge in [0.15, 0.2) is 5.96 Å². The smallest absolute Gasteiger partial charge is 0.191 e. The molecule has 2 heterocycles. The summed E-state index contributed by atoms with van der Waals surface area (Å²) in [5.74, 6) is 0.905. The average molecular weight is 431 g/mol. The summed E-state index contributed by atoms with van der Waals surface area (Å²) >= 11 is 0. The van der Waals surface area contributed by atoms with E-state index in [1.807, 2.05) is 0 Å². The number of piperazine rings is 1. The van der Waals surface area contributed by atoms with Crippen molar-refractivity contribution in [1.82, 2.24) is 25.3 Å². The van der Waals surface area contributed by atoms with Crippen LogP contribution in [0.15, 0.2) is 29.3 Å². The number of benzene rings is 1. The highest BCUT2D eigenvalue weighted by Gasteiger charge is 2.20. The first-order valence-electron chi connectivity index (χ1n) is 12.0. The van der Waals surface area contributed by atoms with Crippen molar-refractivity contribution in [2.24, 2.45) is 4.99 Å². The third kappa shape index (κ3) is 7.75. The lowest BCUT2D eigenvalue weighted by Gasteiger charge is -2.37. The van der Waals surface area contributed by atoms with Crippen LogP contribution in [0.4, 0.5) is 0 Å². The predicted octanol–water partition coefficient (Wildman–Crippen LogP) is 1.60. The molecule has 0 radical (unpaired) electrons. The quantitative estimate of drug-likeness (QED) is 0.459. The lowest BCUT2D eigenvalue weighted by Crippen LogP contribution is -2.53. The molecule has 1 aromatic carbocycles. The topological polar surface area (TPSA) is 55.4 Å². The van der Waals surface area contributed by atoms with Crippen LogP contribution in [0.25, 0.3) is 0 Å². The molecule has 2 aliphatic heterocycles. The van der Waals surface area contributed by atoms with Crippen molar-refractivity contribution in [2.75, 3.05) is 72.1 Å². The molecule has 0 bridgehead atoms. The number of nitrogens with one attached hydrogen (secondary N) is 2. The fraction of sp³-hybridized carbons (Fsp3) is 0.708. The third-order valence-corrected chi connectivity index (χ3v) is 6.41. The number of hydrogen-bond acceptors (Lipinski definition) is 5. The van der Waals surface area contributed by atoms with Crippen molar-refractivity contribution >= 4 is 5.96 Å². The maximum Gasteiger partial charge on any atom is 0.191 e. The van der Waals surface area contributed by atoms with E-state index in [0.29, 0.717) is 12.6 Å². The summed E-state index contributed by atoms with van der Waals surface area (Å²) in [5.41, 5.74) is 2.67. The Bertz CT molecular complexity index is 668. The van der Waals surface area contributed by atoms with E-state index >= 15 is 0 Å². The molecule has 1 unspecified atom stereocenters. The van der Waals surface area contributed by atoms with E-state index in [2.05, 4.69) is 70.4 Å². The Kier molecular flexibility index (Phi) is 10.1. The van der Waals surface area contributed by atoms with E-state index in [1.165, 1.54) is 24.2 Å². The minimum absolute atomic E-state index is 0.497. The molecule has 2 saturated heterocycles. The number of hydrogen-bond donors (Lipinski definition) is 2. The van der Waals surface area contributed by atoms with Crippen LogP contribution in [0.2, 0.25) is 0 Å². The molecule has 174 valence electrons. The molecular formula is C24H42N6O. The Labute approximate surface area is 188 Å². The van der Waals surface area contributed by atoms with Crippen LogP contribution in [-0.4, -0.2) is 98.8 Å². The summed E-state index contributed by atoms with van der Waals surface area (Å²) in [6.45, 7) is 19.6. The summed E-state index contributed by atoms with van der Waals surface area (Å²) in [5, 5.41) is 6.98. The molecular weight excluding hydrogens is 388 g/mol. The van der Waals surface area contributed by atoms with Gasteiger partial charge < -0.3 is 20.3 Å². The maximum atomic E-state index is 5.49. The van der Waals surface area contributed by atoms with Crippen LogP contribution in [-0.2, 0) is 17.8 Å². The lowest BCUT2D eigenvalue weighted by atomic mass is 10.1. The summed E-state index contributed by atoms with van der Waals surface area (Å²) < 4.78 is 5.49. The molecule has 0 aromatic heterocycles. The summed E-state index contributed by atoms with van der Waals surface area (Å²) in [4.78, 5) is 12.5. The molecule has 1 atom stereocenters. The van der Waals surface area contributed by atoms with Crippen LogP contribution >= 0.6 is 0 Å². The van der Waals surface area contributed by atoms with Crippen molar-refractivity contribution < 1.29 is 4.74 Å². The molecule has 7 heteroatoms. The van der Waals surface area contributed by atoms with Crippen LogP contribution in [0.3, 0.4) is 0 Å². The van der Waals surface area contributed by atoms with Crippen molar-refractivity contribution in [3.63, 3.8) is 0 Å². The number of guanidine groups is 1. The summed E-state index contributed by atoms with van der Waals surface area (Å²) in [6, 6.07) is 9.19. The Morgan fingerprint density at radius 2 is 1.68 bits per heavy atom. The molecule has 3 rings (SSSR count). The van der Waals surface area contributed by atoms with Crippen LogP contribution in [0.5, 0.6) is 0 Å². The Hall–Kier alpha value is -1.67. The first-order chi connectivity index (χ1) is 15.2. The number of morpholine rings is 1. The Morgan fingerprint density at radius 3 is 2.35 bits per heavy atom. The number of ether oxygens (including phenoxy) is 1. The normalized spacial score (nSPS) is 20.5. The van der Waals surface area contributed by atoms with Gasteiger partial charge in [0.25, 0.3) is 0 Å². The molecule has 2 fully saturated rings. The first kappa shape index (κ1) is 24.0. The Balaban J connectivity index is 1.53. The summed E-state index contributed by atoms with van der Waals surface area (Å²) in [7, 11) is 0. The highest BCUT2D eigenvalue weighted by atomic mass is 16.5. The monoisotopic (exact) mass is 430 g/mol. The molecule has 0 saturated carbocycles. The molecule has 0 spiro atoms. The zero-order chi connectivity index (χ0) is 21.9. The number of aliphatic imine (C=N–C) groups is 1. The first-order valence-corrected chi connectivity index (χ1v) is 12.0.